The first kappa shape index (κ1) is 13.8. The summed E-state index contributed by atoms with van der Waals surface area (Å²) in [6.45, 7) is 2.08. The molecule has 0 bridgehead atoms. The molecule has 1 aromatic heterocycles. The number of hydrogen-bond donors (Lipinski definition) is 1. The summed E-state index contributed by atoms with van der Waals surface area (Å²) in [5.74, 6) is 0.493. The van der Waals surface area contributed by atoms with Gasteiger partial charge in [-0.2, -0.15) is 4.98 Å². The van der Waals surface area contributed by atoms with E-state index in [1.807, 2.05) is 24.3 Å². The van der Waals surface area contributed by atoms with Gasteiger partial charge in [-0.05, 0) is 30.2 Å². The Morgan fingerprint density at radius 3 is 2.80 bits per heavy atom. The van der Waals surface area contributed by atoms with Crippen molar-refractivity contribution in [3.05, 3.63) is 52.1 Å². The van der Waals surface area contributed by atoms with E-state index >= 15 is 0 Å². The van der Waals surface area contributed by atoms with Crippen LogP contribution < -0.4 is 10.1 Å². The topological polar surface area (TPSA) is 77.3 Å². The van der Waals surface area contributed by atoms with Crippen LogP contribution in [0.15, 0.2) is 36.4 Å². The molecule has 2 aromatic rings. The van der Waals surface area contributed by atoms with Gasteiger partial charge in [0.15, 0.2) is 0 Å². The first-order valence-electron chi connectivity index (χ1n) is 6.19. The number of aromatic nitrogens is 1. The maximum Gasteiger partial charge on any atom is 0.331 e. The largest absolute Gasteiger partial charge is 0.476 e. The van der Waals surface area contributed by atoms with Gasteiger partial charge in [0.2, 0.25) is 0 Å². The minimum Gasteiger partial charge on any atom is -0.476 e. The summed E-state index contributed by atoms with van der Waals surface area (Å²) >= 11 is 0. The van der Waals surface area contributed by atoms with Gasteiger partial charge in [0.1, 0.15) is 5.82 Å². The van der Waals surface area contributed by atoms with E-state index in [2.05, 4.69) is 17.2 Å². The van der Waals surface area contributed by atoms with Crippen LogP contribution in [-0.2, 0) is 6.42 Å². The molecule has 0 unspecified atom stereocenters. The molecule has 1 heterocycles. The molecule has 0 aliphatic rings. The van der Waals surface area contributed by atoms with E-state index in [1.165, 1.54) is 18.7 Å². The molecule has 0 amide bonds. The van der Waals surface area contributed by atoms with Gasteiger partial charge in [-0.3, -0.25) is 10.1 Å². The van der Waals surface area contributed by atoms with Crippen LogP contribution in [-0.4, -0.2) is 17.0 Å². The Morgan fingerprint density at radius 1 is 1.35 bits per heavy atom. The van der Waals surface area contributed by atoms with Crippen molar-refractivity contribution in [3.8, 4) is 5.88 Å². The lowest BCUT2D eigenvalue weighted by Gasteiger charge is -2.08. The Bertz CT molecular complexity index is 629. The molecule has 104 valence electrons. The number of benzene rings is 1. The molecular formula is C14H15N3O3. The molecule has 1 aromatic carbocycles. The Kier molecular flexibility index (Phi) is 4.14. The van der Waals surface area contributed by atoms with Crippen molar-refractivity contribution >= 4 is 17.2 Å². The van der Waals surface area contributed by atoms with Crippen molar-refractivity contribution in [2.45, 2.75) is 13.3 Å². The standard InChI is InChI=1S/C14H15N3O3/c1-3-10-5-4-6-11(9-10)15-13-8-7-12(17(18)19)14(16-13)20-2/h4-9H,3H2,1-2H3,(H,15,16). The van der Waals surface area contributed by atoms with Crippen LogP contribution >= 0.6 is 0 Å². The van der Waals surface area contributed by atoms with Gasteiger partial charge in [0.05, 0.1) is 12.0 Å². The molecular weight excluding hydrogens is 258 g/mol. The van der Waals surface area contributed by atoms with Crippen molar-refractivity contribution in [1.82, 2.24) is 4.98 Å². The third-order valence-electron chi connectivity index (χ3n) is 2.84. The molecule has 6 nitrogen and oxygen atoms in total. The van der Waals surface area contributed by atoms with Gasteiger partial charge in [0.25, 0.3) is 5.88 Å². The summed E-state index contributed by atoms with van der Waals surface area (Å²) in [6.07, 6.45) is 0.937. The van der Waals surface area contributed by atoms with Crippen molar-refractivity contribution in [1.29, 1.82) is 0 Å². The third kappa shape index (κ3) is 3.03. The Morgan fingerprint density at radius 2 is 2.15 bits per heavy atom. The highest BCUT2D eigenvalue weighted by atomic mass is 16.6. The number of nitro groups is 1. The van der Waals surface area contributed by atoms with Crippen LogP contribution in [0, 0.1) is 10.1 Å². The molecule has 0 fully saturated rings. The maximum atomic E-state index is 10.8. The number of rotatable bonds is 5. The smallest absolute Gasteiger partial charge is 0.331 e. The zero-order valence-corrected chi connectivity index (χ0v) is 11.3. The Labute approximate surface area is 116 Å². The number of nitrogens with one attached hydrogen (secondary N) is 1. The predicted octanol–water partition coefficient (Wildman–Crippen LogP) is 3.30. The molecule has 0 spiro atoms. The highest BCUT2D eigenvalue weighted by Gasteiger charge is 2.16. The number of nitrogens with zero attached hydrogens (tertiary/aromatic N) is 2. The average Bonchev–Trinajstić information content (AvgIpc) is 2.47. The van der Waals surface area contributed by atoms with Crippen LogP contribution in [0.25, 0.3) is 0 Å². The van der Waals surface area contributed by atoms with Crippen molar-refractivity contribution < 1.29 is 9.66 Å². The van der Waals surface area contributed by atoms with E-state index in [1.54, 1.807) is 6.07 Å². The van der Waals surface area contributed by atoms with E-state index in [9.17, 15) is 10.1 Å². The molecule has 20 heavy (non-hydrogen) atoms. The van der Waals surface area contributed by atoms with Crippen LogP contribution in [0.3, 0.4) is 0 Å². The maximum absolute atomic E-state index is 10.8. The molecule has 6 heteroatoms. The Balaban J connectivity index is 2.27. The summed E-state index contributed by atoms with van der Waals surface area (Å²) in [6, 6.07) is 10.8. The van der Waals surface area contributed by atoms with Crippen molar-refractivity contribution in [2.75, 3.05) is 12.4 Å². The summed E-state index contributed by atoms with van der Waals surface area (Å²) in [5.41, 5.74) is 1.93. The summed E-state index contributed by atoms with van der Waals surface area (Å²) in [4.78, 5) is 14.4. The number of anilines is 2. The Hall–Kier alpha value is -2.63. The summed E-state index contributed by atoms with van der Waals surface area (Å²) < 4.78 is 4.94. The minimum atomic E-state index is -0.521. The van der Waals surface area contributed by atoms with Gasteiger partial charge in [-0.25, -0.2) is 0 Å². The summed E-state index contributed by atoms with van der Waals surface area (Å²) in [5, 5.41) is 13.9. The molecule has 0 radical (unpaired) electrons. The van der Waals surface area contributed by atoms with Gasteiger partial charge in [-0.1, -0.05) is 19.1 Å². The van der Waals surface area contributed by atoms with E-state index in [0.717, 1.165) is 12.1 Å². The highest BCUT2D eigenvalue weighted by molar-refractivity contribution is 5.59. The second kappa shape index (κ2) is 6.01. The number of methoxy groups -OCH3 is 1. The first-order chi connectivity index (χ1) is 9.63. The van der Waals surface area contributed by atoms with E-state index in [0.29, 0.717) is 5.82 Å². The average molecular weight is 273 g/mol. The molecule has 2 rings (SSSR count). The lowest BCUT2D eigenvalue weighted by atomic mass is 10.1. The molecule has 0 aliphatic heterocycles. The van der Waals surface area contributed by atoms with Gasteiger partial charge in [0, 0.05) is 11.8 Å². The van der Waals surface area contributed by atoms with E-state index in [4.69, 9.17) is 4.74 Å². The van der Waals surface area contributed by atoms with Gasteiger partial charge >= 0.3 is 5.69 Å². The number of pyridine rings is 1. The number of aryl methyl sites for hydroxylation is 1. The fourth-order valence-corrected chi connectivity index (χ4v) is 1.81. The molecule has 0 atom stereocenters. The third-order valence-corrected chi connectivity index (χ3v) is 2.84. The highest BCUT2D eigenvalue weighted by Crippen LogP contribution is 2.27. The zero-order valence-electron chi connectivity index (χ0n) is 11.3. The van der Waals surface area contributed by atoms with E-state index in [-0.39, 0.29) is 11.6 Å². The minimum absolute atomic E-state index is 0.00774. The predicted molar refractivity (Wildman–Crippen MR) is 76.5 cm³/mol. The monoisotopic (exact) mass is 273 g/mol. The lowest BCUT2D eigenvalue weighted by Crippen LogP contribution is -2.00. The first-order valence-corrected chi connectivity index (χ1v) is 6.19. The molecule has 0 aliphatic carbocycles. The second-order valence-corrected chi connectivity index (χ2v) is 4.16. The fraction of sp³-hybridized carbons (Fsp3) is 0.214. The molecule has 0 saturated carbocycles. The summed E-state index contributed by atoms with van der Waals surface area (Å²) in [7, 11) is 1.36. The molecule has 1 N–H and O–H groups in total. The van der Waals surface area contributed by atoms with Crippen LogP contribution in [0.5, 0.6) is 5.88 Å². The van der Waals surface area contributed by atoms with E-state index < -0.39 is 4.92 Å². The number of ether oxygens (including phenoxy) is 1. The van der Waals surface area contributed by atoms with Crippen molar-refractivity contribution in [2.24, 2.45) is 0 Å². The number of hydrogen-bond acceptors (Lipinski definition) is 5. The quantitative estimate of drug-likeness (QED) is 0.668. The lowest BCUT2D eigenvalue weighted by molar-refractivity contribution is -0.386. The zero-order chi connectivity index (χ0) is 14.5. The van der Waals surface area contributed by atoms with Gasteiger partial charge in [-0.15, -0.1) is 0 Å². The SMILES string of the molecule is CCc1cccc(Nc2ccc([N+](=O)[O-])c(OC)n2)c1. The van der Waals surface area contributed by atoms with Crippen molar-refractivity contribution in [3.63, 3.8) is 0 Å². The van der Waals surface area contributed by atoms with Crippen LogP contribution in [0.1, 0.15) is 12.5 Å². The van der Waals surface area contributed by atoms with Crippen LogP contribution in [0.4, 0.5) is 17.2 Å². The molecule has 0 saturated heterocycles. The van der Waals surface area contributed by atoms with Gasteiger partial charge < -0.3 is 10.1 Å². The fourth-order valence-electron chi connectivity index (χ4n) is 1.81. The van der Waals surface area contributed by atoms with Crippen LogP contribution in [0.2, 0.25) is 0 Å². The second-order valence-electron chi connectivity index (χ2n) is 4.16. The normalized spacial score (nSPS) is 10.1.